The van der Waals surface area contributed by atoms with Gasteiger partial charge in [-0.2, -0.15) is 0 Å². The second-order valence-electron chi connectivity index (χ2n) is 2.48. The summed E-state index contributed by atoms with van der Waals surface area (Å²) in [5, 5.41) is 3.02. The van der Waals surface area contributed by atoms with Gasteiger partial charge in [-0.15, -0.1) is 24.8 Å². The number of fused-ring (bicyclic) bond motifs is 1. The predicted octanol–water partition coefficient (Wildman–Crippen LogP) is -0.201. The van der Waals surface area contributed by atoms with Gasteiger partial charge >= 0.3 is 0 Å². The fraction of sp³-hybridized carbons (Fsp3) is 0.333. The fourth-order valence-corrected chi connectivity index (χ4v) is 1.20. The quantitative estimate of drug-likeness (QED) is 0.570. The van der Waals surface area contributed by atoms with Crippen molar-refractivity contribution in [1.29, 1.82) is 0 Å². The molecule has 74 valence electrons. The van der Waals surface area contributed by atoms with Gasteiger partial charge in [-0.05, 0) is 0 Å². The Hall–Kier alpha value is -0.780. The zero-order valence-electron chi connectivity index (χ0n) is 6.66. The van der Waals surface area contributed by atoms with Crippen molar-refractivity contribution in [2.24, 2.45) is 0 Å². The Balaban J connectivity index is 0.000000720. The van der Waals surface area contributed by atoms with Gasteiger partial charge < -0.3 is 11.1 Å². The minimum atomic E-state index is -0.127. The van der Waals surface area contributed by atoms with E-state index >= 15 is 0 Å². The molecule has 0 aliphatic carbocycles. The Bertz CT molecular complexity index is 351. The minimum absolute atomic E-state index is 0. The Kier molecular flexibility index (Phi) is 4.19. The van der Waals surface area contributed by atoms with E-state index in [1.54, 1.807) is 0 Å². The number of nitrogens with one attached hydrogen (secondary N) is 2. The Labute approximate surface area is 87.0 Å². The molecule has 0 saturated carbocycles. The number of halogens is 2. The van der Waals surface area contributed by atoms with Gasteiger partial charge in [-0.1, -0.05) is 0 Å². The van der Waals surface area contributed by atoms with Gasteiger partial charge in [-0.3, -0.25) is 9.78 Å². The number of aromatic amines is 1. The average Bonchev–Trinajstić information content (AvgIpc) is 2.34. The molecule has 0 unspecified atom stereocenters. The summed E-state index contributed by atoms with van der Waals surface area (Å²) in [6, 6.07) is 0. The molecule has 1 aromatic rings. The van der Waals surface area contributed by atoms with Gasteiger partial charge in [0, 0.05) is 13.1 Å². The van der Waals surface area contributed by atoms with Crippen molar-refractivity contribution < 1.29 is 0 Å². The molecule has 0 bridgehead atoms. The SMILES string of the molecule is Cl.Cl.Nc1nc2c(c(=O)[nH]1)CNC2. The van der Waals surface area contributed by atoms with E-state index in [0.29, 0.717) is 18.7 Å². The summed E-state index contributed by atoms with van der Waals surface area (Å²) in [7, 11) is 0. The third-order valence-corrected chi connectivity index (χ3v) is 1.71. The summed E-state index contributed by atoms with van der Waals surface area (Å²) in [6.07, 6.45) is 0. The van der Waals surface area contributed by atoms with E-state index in [0.717, 1.165) is 5.69 Å². The van der Waals surface area contributed by atoms with Crippen LogP contribution in [0.1, 0.15) is 11.3 Å². The van der Waals surface area contributed by atoms with Crippen LogP contribution in [0.15, 0.2) is 4.79 Å². The van der Waals surface area contributed by atoms with Crippen molar-refractivity contribution in [1.82, 2.24) is 15.3 Å². The highest BCUT2D eigenvalue weighted by Gasteiger charge is 2.15. The van der Waals surface area contributed by atoms with E-state index < -0.39 is 0 Å². The first-order chi connectivity index (χ1) is 5.27. The third-order valence-electron chi connectivity index (χ3n) is 1.71. The first-order valence-corrected chi connectivity index (χ1v) is 3.35. The molecule has 7 heteroatoms. The van der Waals surface area contributed by atoms with Crippen molar-refractivity contribution >= 4 is 30.8 Å². The van der Waals surface area contributed by atoms with Crippen molar-refractivity contribution in [3.8, 4) is 0 Å². The molecule has 0 saturated heterocycles. The third kappa shape index (κ3) is 2.12. The molecule has 4 N–H and O–H groups in total. The molecule has 0 radical (unpaired) electrons. The average molecular weight is 225 g/mol. The van der Waals surface area contributed by atoms with Crippen molar-refractivity contribution in [3.63, 3.8) is 0 Å². The Morgan fingerprint density at radius 1 is 1.31 bits per heavy atom. The van der Waals surface area contributed by atoms with Crippen molar-refractivity contribution in [2.75, 3.05) is 5.73 Å². The number of anilines is 1. The number of nitrogens with two attached hydrogens (primary N) is 1. The molecule has 1 aromatic heterocycles. The van der Waals surface area contributed by atoms with Crippen LogP contribution >= 0.6 is 24.8 Å². The molecule has 0 spiro atoms. The molecular formula is C6H10Cl2N4O. The zero-order chi connectivity index (χ0) is 7.84. The minimum Gasteiger partial charge on any atom is -0.369 e. The van der Waals surface area contributed by atoms with E-state index in [9.17, 15) is 4.79 Å². The highest BCUT2D eigenvalue weighted by Crippen LogP contribution is 2.07. The monoisotopic (exact) mass is 224 g/mol. The number of H-pyrrole nitrogens is 1. The maximum absolute atomic E-state index is 11.1. The molecule has 1 aliphatic heterocycles. The largest absolute Gasteiger partial charge is 0.369 e. The van der Waals surface area contributed by atoms with Gasteiger partial charge in [0.1, 0.15) is 0 Å². The van der Waals surface area contributed by atoms with E-state index in [2.05, 4.69) is 15.3 Å². The summed E-state index contributed by atoms with van der Waals surface area (Å²) >= 11 is 0. The molecular weight excluding hydrogens is 215 g/mol. The van der Waals surface area contributed by atoms with Crippen LogP contribution in [-0.4, -0.2) is 9.97 Å². The van der Waals surface area contributed by atoms with Crippen molar-refractivity contribution in [3.05, 3.63) is 21.6 Å². The van der Waals surface area contributed by atoms with Crippen LogP contribution in [0.4, 0.5) is 5.95 Å². The maximum atomic E-state index is 11.1. The van der Waals surface area contributed by atoms with Crippen LogP contribution in [0, 0.1) is 0 Å². The highest BCUT2D eigenvalue weighted by atomic mass is 35.5. The van der Waals surface area contributed by atoms with Gasteiger partial charge in [-0.25, -0.2) is 4.98 Å². The first-order valence-electron chi connectivity index (χ1n) is 3.35. The van der Waals surface area contributed by atoms with E-state index in [1.807, 2.05) is 0 Å². The lowest BCUT2D eigenvalue weighted by Crippen LogP contribution is -2.16. The van der Waals surface area contributed by atoms with Gasteiger partial charge in [0.2, 0.25) is 5.95 Å². The number of nitrogen functional groups attached to an aromatic ring is 1. The molecule has 0 atom stereocenters. The summed E-state index contributed by atoms with van der Waals surface area (Å²) in [5.74, 6) is 0.192. The molecule has 2 rings (SSSR count). The smallest absolute Gasteiger partial charge is 0.257 e. The highest BCUT2D eigenvalue weighted by molar-refractivity contribution is 5.85. The molecule has 13 heavy (non-hydrogen) atoms. The van der Waals surface area contributed by atoms with E-state index in [4.69, 9.17) is 5.73 Å². The summed E-state index contributed by atoms with van der Waals surface area (Å²) in [5.41, 5.74) is 6.69. The molecule has 0 fully saturated rings. The number of aromatic nitrogens is 2. The Morgan fingerprint density at radius 2 is 2.00 bits per heavy atom. The van der Waals surface area contributed by atoms with E-state index in [1.165, 1.54) is 0 Å². The lowest BCUT2D eigenvalue weighted by molar-refractivity contribution is 0.757. The number of hydrogen-bond acceptors (Lipinski definition) is 4. The van der Waals surface area contributed by atoms with Crippen LogP contribution in [0.5, 0.6) is 0 Å². The number of hydrogen-bond donors (Lipinski definition) is 3. The van der Waals surface area contributed by atoms with Crippen LogP contribution in [0.25, 0.3) is 0 Å². The first kappa shape index (κ1) is 12.2. The molecule has 5 nitrogen and oxygen atoms in total. The van der Waals surface area contributed by atoms with Crippen LogP contribution in [0.3, 0.4) is 0 Å². The standard InChI is InChI=1S/C6H8N4O.2ClH/c7-6-9-4-2-8-1-3(4)5(11)10-6;;/h8H,1-2H2,(H3,7,9,10,11);2*1H. The molecule has 0 amide bonds. The topological polar surface area (TPSA) is 83.8 Å². The normalized spacial score (nSPS) is 12.6. The second kappa shape index (κ2) is 4.45. The van der Waals surface area contributed by atoms with Crippen LogP contribution < -0.4 is 16.6 Å². The maximum Gasteiger partial charge on any atom is 0.257 e. The molecule has 2 heterocycles. The fourth-order valence-electron chi connectivity index (χ4n) is 1.20. The second-order valence-corrected chi connectivity index (χ2v) is 2.48. The summed E-state index contributed by atoms with van der Waals surface area (Å²) < 4.78 is 0. The Morgan fingerprint density at radius 3 is 2.69 bits per heavy atom. The lowest BCUT2D eigenvalue weighted by atomic mass is 10.3. The predicted molar refractivity (Wildman–Crippen MR) is 54.3 cm³/mol. The summed E-state index contributed by atoms with van der Waals surface area (Å²) in [6.45, 7) is 1.24. The van der Waals surface area contributed by atoms with Gasteiger partial charge in [0.05, 0.1) is 11.3 Å². The van der Waals surface area contributed by atoms with Crippen molar-refractivity contribution in [2.45, 2.75) is 13.1 Å². The van der Waals surface area contributed by atoms with Crippen LogP contribution in [0.2, 0.25) is 0 Å². The van der Waals surface area contributed by atoms with Gasteiger partial charge in [0.25, 0.3) is 5.56 Å². The lowest BCUT2D eigenvalue weighted by Gasteiger charge is -1.95. The van der Waals surface area contributed by atoms with E-state index in [-0.39, 0.29) is 36.3 Å². The van der Waals surface area contributed by atoms with Crippen LogP contribution in [-0.2, 0) is 13.1 Å². The zero-order valence-corrected chi connectivity index (χ0v) is 8.30. The summed E-state index contributed by atoms with van der Waals surface area (Å²) in [4.78, 5) is 17.5. The number of nitrogens with zero attached hydrogens (tertiary/aromatic N) is 1. The van der Waals surface area contributed by atoms with Gasteiger partial charge in [0.15, 0.2) is 0 Å². The number of rotatable bonds is 0. The molecule has 1 aliphatic rings. The molecule has 0 aromatic carbocycles.